The molecule has 1 N–H and O–H groups in total. The Morgan fingerprint density at radius 2 is 2.17 bits per heavy atom. The van der Waals surface area contributed by atoms with Gasteiger partial charge in [0.25, 0.3) is 0 Å². The topological polar surface area (TPSA) is 71.5 Å². The summed E-state index contributed by atoms with van der Waals surface area (Å²) in [5.41, 5.74) is 0. The van der Waals surface area contributed by atoms with Gasteiger partial charge in [0.15, 0.2) is 0 Å². The molecule has 2 fully saturated rings. The Bertz CT molecular complexity index is 836. The van der Waals surface area contributed by atoms with Crippen LogP contribution in [0.15, 0.2) is 35.5 Å². The van der Waals surface area contributed by atoms with Crippen molar-refractivity contribution in [2.24, 2.45) is 5.92 Å². The van der Waals surface area contributed by atoms with Crippen LogP contribution in [0.1, 0.15) is 6.42 Å². The predicted molar refractivity (Wildman–Crippen MR) is 87.0 cm³/mol. The number of aromatic nitrogens is 1. The average molecular weight is 333 g/mol. The summed E-state index contributed by atoms with van der Waals surface area (Å²) in [4.78, 5) is 4.41. The number of sulfonamides is 1. The van der Waals surface area contributed by atoms with E-state index in [1.165, 1.54) is 7.11 Å². The third-order valence-corrected chi connectivity index (χ3v) is 6.75. The Labute approximate surface area is 135 Å². The highest BCUT2D eigenvalue weighted by molar-refractivity contribution is 7.89. The third-order valence-electron chi connectivity index (χ3n) is 4.88. The van der Waals surface area contributed by atoms with Crippen molar-refractivity contribution in [2.45, 2.75) is 17.4 Å². The molecule has 2 aliphatic heterocycles. The molecule has 6 nitrogen and oxygen atoms in total. The molecule has 7 heteroatoms. The molecule has 2 saturated heterocycles. The summed E-state index contributed by atoms with van der Waals surface area (Å²) < 4.78 is 33.3. The maximum atomic E-state index is 13.2. The van der Waals surface area contributed by atoms with Crippen molar-refractivity contribution in [3.63, 3.8) is 0 Å². The minimum Gasteiger partial charge on any atom is -0.494 e. The van der Waals surface area contributed by atoms with Crippen molar-refractivity contribution in [1.29, 1.82) is 0 Å². The lowest BCUT2D eigenvalue weighted by atomic mass is 10.1. The number of rotatable bonds is 3. The fourth-order valence-electron chi connectivity index (χ4n) is 3.68. The van der Waals surface area contributed by atoms with Gasteiger partial charge in [0.2, 0.25) is 10.0 Å². The molecule has 4 rings (SSSR count). The Kier molecular flexibility index (Phi) is 3.51. The molecule has 2 aliphatic rings. The zero-order chi connectivity index (χ0) is 16.0. The van der Waals surface area contributed by atoms with Crippen molar-refractivity contribution in [2.75, 3.05) is 26.7 Å². The lowest BCUT2D eigenvalue weighted by Gasteiger charge is -2.19. The first-order chi connectivity index (χ1) is 11.1. The van der Waals surface area contributed by atoms with Gasteiger partial charge in [0.1, 0.15) is 5.75 Å². The average Bonchev–Trinajstić information content (AvgIpc) is 3.15. The first kappa shape index (κ1) is 14.9. The molecule has 3 heterocycles. The van der Waals surface area contributed by atoms with Crippen LogP contribution in [-0.2, 0) is 10.0 Å². The van der Waals surface area contributed by atoms with E-state index >= 15 is 0 Å². The zero-order valence-corrected chi connectivity index (χ0v) is 13.7. The molecule has 1 aromatic heterocycles. The minimum atomic E-state index is -3.55. The van der Waals surface area contributed by atoms with Crippen molar-refractivity contribution >= 4 is 20.8 Å². The van der Waals surface area contributed by atoms with Gasteiger partial charge >= 0.3 is 0 Å². The Hall–Kier alpha value is -1.70. The number of benzene rings is 1. The maximum absolute atomic E-state index is 13.2. The molecule has 1 aromatic carbocycles. The van der Waals surface area contributed by atoms with Gasteiger partial charge in [0.05, 0.1) is 18.2 Å². The highest BCUT2D eigenvalue weighted by atomic mass is 32.2. The summed E-state index contributed by atoms with van der Waals surface area (Å²) in [5, 5.41) is 4.76. The van der Waals surface area contributed by atoms with Crippen LogP contribution in [0.5, 0.6) is 5.75 Å². The highest BCUT2D eigenvalue weighted by Gasteiger charge is 2.42. The molecule has 122 valence electrons. The van der Waals surface area contributed by atoms with Crippen LogP contribution in [0.3, 0.4) is 0 Å². The first-order valence-electron chi connectivity index (χ1n) is 7.75. The lowest BCUT2D eigenvalue weighted by molar-refractivity contribution is 0.416. The second kappa shape index (κ2) is 5.43. The van der Waals surface area contributed by atoms with E-state index in [0.717, 1.165) is 18.4 Å². The molecule has 0 radical (unpaired) electrons. The van der Waals surface area contributed by atoms with Crippen LogP contribution >= 0.6 is 0 Å². The number of fused-ring (bicyclic) bond motifs is 2. The molecule has 2 unspecified atom stereocenters. The fourth-order valence-corrected chi connectivity index (χ4v) is 5.43. The van der Waals surface area contributed by atoms with E-state index in [9.17, 15) is 8.42 Å². The fraction of sp³-hybridized carbons (Fsp3) is 0.438. The summed E-state index contributed by atoms with van der Waals surface area (Å²) in [7, 11) is -2.02. The molecule has 0 aliphatic carbocycles. The van der Waals surface area contributed by atoms with E-state index in [1.54, 1.807) is 28.8 Å². The molecule has 2 aromatic rings. The molecule has 0 saturated carbocycles. The quantitative estimate of drug-likeness (QED) is 0.915. The SMILES string of the molecule is COc1cncc2cccc(S(=O)(=O)N3CC4CCNC4C3)c12. The standard InChI is InChI=1S/C16H19N3O3S/c1-22-14-8-17-7-11-3-2-4-15(16(11)14)23(20,21)19-9-12-5-6-18-13(12)10-19/h2-4,7-8,12-13,18H,5-6,9-10H2,1H3. The van der Waals surface area contributed by atoms with Crippen LogP contribution in [0.2, 0.25) is 0 Å². The van der Waals surface area contributed by atoms with Crippen molar-refractivity contribution in [3.05, 3.63) is 30.6 Å². The summed E-state index contributed by atoms with van der Waals surface area (Å²) in [6, 6.07) is 5.54. The van der Waals surface area contributed by atoms with Gasteiger partial charge in [0, 0.05) is 36.1 Å². The van der Waals surface area contributed by atoms with Crippen LogP contribution in [0.25, 0.3) is 10.8 Å². The summed E-state index contributed by atoms with van der Waals surface area (Å²) in [6.45, 7) is 2.11. The smallest absolute Gasteiger partial charge is 0.243 e. The van der Waals surface area contributed by atoms with Gasteiger partial charge in [-0.05, 0) is 24.9 Å². The Balaban J connectivity index is 1.82. The Morgan fingerprint density at radius 1 is 1.30 bits per heavy atom. The van der Waals surface area contributed by atoms with Crippen LogP contribution < -0.4 is 10.1 Å². The number of hydrogen-bond donors (Lipinski definition) is 1. The lowest BCUT2D eigenvalue weighted by Crippen LogP contribution is -2.34. The number of methoxy groups -OCH3 is 1. The van der Waals surface area contributed by atoms with Crippen LogP contribution in [-0.4, -0.2) is 50.5 Å². The maximum Gasteiger partial charge on any atom is 0.243 e. The van der Waals surface area contributed by atoms with E-state index in [2.05, 4.69) is 10.3 Å². The van der Waals surface area contributed by atoms with Gasteiger partial charge < -0.3 is 10.1 Å². The molecule has 2 atom stereocenters. The van der Waals surface area contributed by atoms with Gasteiger partial charge in [-0.15, -0.1) is 0 Å². The van der Waals surface area contributed by atoms with Crippen LogP contribution in [0.4, 0.5) is 0 Å². The number of nitrogens with zero attached hydrogens (tertiary/aromatic N) is 2. The van der Waals surface area contributed by atoms with Gasteiger partial charge in [-0.3, -0.25) is 4.98 Å². The van der Waals surface area contributed by atoms with Crippen molar-refractivity contribution < 1.29 is 13.2 Å². The van der Waals surface area contributed by atoms with E-state index in [4.69, 9.17) is 4.74 Å². The highest BCUT2D eigenvalue weighted by Crippen LogP contribution is 2.35. The molecular formula is C16H19N3O3S. The molecule has 0 amide bonds. The number of hydrogen-bond acceptors (Lipinski definition) is 5. The van der Waals surface area contributed by atoms with Gasteiger partial charge in [-0.1, -0.05) is 12.1 Å². The summed E-state index contributed by atoms with van der Waals surface area (Å²) >= 11 is 0. The monoisotopic (exact) mass is 333 g/mol. The minimum absolute atomic E-state index is 0.281. The largest absolute Gasteiger partial charge is 0.494 e. The number of nitrogens with one attached hydrogen (secondary N) is 1. The molecule has 0 bridgehead atoms. The van der Waals surface area contributed by atoms with E-state index in [1.807, 2.05) is 6.07 Å². The van der Waals surface area contributed by atoms with E-state index in [-0.39, 0.29) is 6.04 Å². The molecule has 0 spiro atoms. The van der Waals surface area contributed by atoms with Gasteiger partial charge in [-0.2, -0.15) is 4.31 Å². The zero-order valence-electron chi connectivity index (χ0n) is 12.9. The second-order valence-corrected chi connectivity index (χ2v) is 8.03. The predicted octanol–water partition coefficient (Wildman–Crippen LogP) is 1.23. The third kappa shape index (κ3) is 2.31. The summed E-state index contributed by atoms with van der Waals surface area (Å²) in [5.74, 6) is 0.905. The van der Waals surface area contributed by atoms with Crippen molar-refractivity contribution in [1.82, 2.24) is 14.6 Å². The number of pyridine rings is 1. The van der Waals surface area contributed by atoms with Crippen LogP contribution in [0, 0.1) is 5.92 Å². The summed E-state index contributed by atoms with van der Waals surface area (Å²) in [6.07, 6.45) is 4.26. The second-order valence-electron chi connectivity index (χ2n) is 6.13. The molecule has 23 heavy (non-hydrogen) atoms. The Morgan fingerprint density at radius 3 is 2.96 bits per heavy atom. The van der Waals surface area contributed by atoms with Crippen molar-refractivity contribution in [3.8, 4) is 5.75 Å². The van der Waals surface area contributed by atoms with Gasteiger partial charge in [-0.25, -0.2) is 8.42 Å². The number of ether oxygens (including phenoxy) is 1. The van der Waals surface area contributed by atoms with E-state index in [0.29, 0.717) is 35.0 Å². The normalized spacial score (nSPS) is 24.9. The first-order valence-corrected chi connectivity index (χ1v) is 9.19. The van der Waals surface area contributed by atoms with E-state index < -0.39 is 10.0 Å². The molecular weight excluding hydrogens is 314 g/mol.